The van der Waals surface area contributed by atoms with Crippen LogP contribution in [0.4, 0.5) is 0 Å². The van der Waals surface area contributed by atoms with Crippen molar-refractivity contribution in [2.45, 2.75) is 25.4 Å². The molecule has 0 saturated heterocycles. The summed E-state index contributed by atoms with van der Waals surface area (Å²) in [7, 11) is -1.03. The molecule has 0 radical (unpaired) electrons. The summed E-state index contributed by atoms with van der Waals surface area (Å²) < 4.78 is 0. The van der Waals surface area contributed by atoms with E-state index in [0.29, 0.717) is 14.3 Å². The first-order chi connectivity index (χ1) is 9.43. The van der Waals surface area contributed by atoms with Crippen molar-refractivity contribution < 1.29 is 5.11 Å². The van der Waals surface area contributed by atoms with Crippen LogP contribution in [0.15, 0.2) is 42.5 Å². The molecule has 0 bridgehead atoms. The third-order valence-corrected chi connectivity index (χ3v) is 7.09. The molecular formula is C16H21OPSSi. The van der Waals surface area contributed by atoms with Crippen molar-refractivity contribution in [3.63, 3.8) is 0 Å². The highest BCUT2D eigenvalue weighted by Crippen LogP contribution is 2.21. The van der Waals surface area contributed by atoms with Crippen LogP contribution in [0.1, 0.15) is 5.56 Å². The third-order valence-electron chi connectivity index (χ3n) is 3.30. The summed E-state index contributed by atoms with van der Waals surface area (Å²) in [5, 5.41) is 14.0. The van der Waals surface area contributed by atoms with Crippen molar-refractivity contribution >= 4 is 45.1 Å². The number of phenols is 1. The van der Waals surface area contributed by atoms with E-state index in [-0.39, 0.29) is 0 Å². The van der Waals surface area contributed by atoms with Crippen molar-refractivity contribution in [3.05, 3.63) is 48.0 Å². The number of aromatic hydroxyl groups is 1. The van der Waals surface area contributed by atoms with Gasteiger partial charge >= 0.3 is 0 Å². The number of para-hydroxylation sites is 1. The number of thiol groups is 1. The van der Waals surface area contributed by atoms with Gasteiger partial charge in [0.25, 0.3) is 0 Å². The van der Waals surface area contributed by atoms with E-state index in [9.17, 15) is 5.11 Å². The number of hydrogen-bond donors (Lipinski definition) is 2. The molecule has 106 valence electrons. The molecule has 2 aromatic rings. The Balaban J connectivity index is 2.40. The molecule has 0 aliphatic heterocycles. The van der Waals surface area contributed by atoms with Crippen molar-refractivity contribution in [3.8, 4) is 5.75 Å². The third kappa shape index (κ3) is 3.46. The Hall–Kier alpha value is -0.763. The van der Waals surface area contributed by atoms with Crippen LogP contribution in [0.5, 0.6) is 5.75 Å². The van der Waals surface area contributed by atoms with Gasteiger partial charge in [0, 0.05) is 11.1 Å². The Labute approximate surface area is 129 Å². The molecule has 1 nitrogen and oxygen atoms in total. The van der Waals surface area contributed by atoms with Crippen LogP contribution in [0.3, 0.4) is 0 Å². The SMILES string of the molecule is C[Si](C)(C)c1cccc(Pc2ccccc2CS)c1O. The Bertz CT molecular complexity index is 608. The first kappa shape index (κ1) is 15.6. The monoisotopic (exact) mass is 320 g/mol. The quantitative estimate of drug-likeness (QED) is 0.504. The fourth-order valence-corrected chi connectivity index (χ4v) is 5.40. The maximum atomic E-state index is 10.6. The maximum absolute atomic E-state index is 10.6. The Morgan fingerprint density at radius 3 is 2.30 bits per heavy atom. The molecule has 1 atom stereocenters. The number of phenolic OH excluding ortho intramolecular Hbond substituents is 1. The molecule has 0 fully saturated rings. The second-order valence-corrected chi connectivity index (χ2v) is 12.6. The van der Waals surface area contributed by atoms with Gasteiger partial charge in [-0.25, -0.2) is 0 Å². The minimum atomic E-state index is -1.51. The highest BCUT2D eigenvalue weighted by Gasteiger charge is 2.21. The molecule has 0 saturated carbocycles. The lowest BCUT2D eigenvalue weighted by Crippen LogP contribution is -2.39. The molecule has 4 heteroatoms. The summed E-state index contributed by atoms with van der Waals surface area (Å²) >= 11 is 4.39. The average Bonchev–Trinajstić information content (AvgIpc) is 2.40. The van der Waals surface area contributed by atoms with Gasteiger partial charge in [-0.15, -0.1) is 0 Å². The summed E-state index contributed by atoms with van der Waals surface area (Å²) in [6.07, 6.45) is 0. The fraction of sp³-hybridized carbons (Fsp3) is 0.250. The Kier molecular flexibility index (Phi) is 4.95. The fourth-order valence-electron chi connectivity index (χ4n) is 2.17. The lowest BCUT2D eigenvalue weighted by atomic mass is 10.2. The van der Waals surface area contributed by atoms with Crippen LogP contribution in [0.2, 0.25) is 19.6 Å². The summed E-state index contributed by atoms with van der Waals surface area (Å²) in [5.74, 6) is 1.23. The second-order valence-electron chi connectivity index (χ2n) is 5.89. The van der Waals surface area contributed by atoms with Crippen molar-refractivity contribution in [1.29, 1.82) is 0 Å². The van der Waals surface area contributed by atoms with Crippen LogP contribution in [-0.4, -0.2) is 13.2 Å². The molecular weight excluding hydrogens is 299 g/mol. The van der Waals surface area contributed by atoms with E-state index in [1.165, 1.54) is 10.9 Å². The molecule has 0 aromatic heterocycles. The van der Waals surface area contributed by atoms with Gasteiger partial charge < -0.3 is 5.11 Å². The normalized spacial score (nSPS) is 12.2. The summed E-state index contributed by atoms with van der Waals surface area (Å²) in [6.45, 7) is 6.78. The van der Waals surface area contributed by atoms with Gasteiger partial charge in [0.15, 0.2) is 0 Å². The molecule has 1 N–H and O–H groups in total. The van der Waals surface area contributed by atoms with E-state index in [1.54, 1.807) is 0 Å². The summed E-state index contributed by atoms with van der Waals surface area (Å²) in [5.41, 5.74) is 1.24. The zero-order valence-electron chi connectivity index (χ0n) is 12.1. The van der Waals surface area contributed by atoms with Crippen LogP contribution < -0.4 is 15.8 Å². The van der Waals surface area contributed by atoms with Gasteiger partial charge in [-0.05, 0) is 16.1 Å². The first-order valence-electron chi connectivity index (χ1n) is 6.71. The van der Waals surface area contributed by atoms with E-state index in [2.05, 4.69) is 62.6 Å². The summed E-state index contributed by atoms with van der Waals surface area (Å²) in [4.78, 5) is 0. The number of benzene rings is 2. The number of rotatable bonds is 4. The van der Waals surface area contributed by atoms with Crippen molar-refractivity contribution in [2.75, 3.05) is 0 Å². The topological polar surface area (TPSA) is 20.2 Å². The maximum Gasteiger partial charge on any atom is 0.122 e. The highest BCUT2D eigenvalue weighted by molar-refractivity contribution is 7.79. The largest absolute Gasteiger partial charge is 0.507 e. The lowest BCUT2D eigenvalue weighted by Gasteiger charge is -2.20. The smallest absolute Gasteiger partial charge is 0.122 e. The molecule has 0 spiro atoms. The van der Waals surface area contributed by atoms with E-state index in [4.69, 9.17) is 0 Å². The van der Waals surface area contributed by atoms with E-state index in [1.807, 2.05) is 12.1 Å². The molecule has 20 heavy (non-hydrogen) atoms. The minimum absolute atomic E-state index is 0.480. The molecule has 0 amide bonds. The standard InChI is InChI=1S/C16H21OPSSi/c1-20(2,3)15-10-6-9-14(16(15)17)18-13-8-5-4-7-12(13)11-19/h4-10,17-19H,11H2,1-3H3. The van der Waals surface area contributed by atoms with Gasteiger partial charge in [-0.1, -0.05) is 70.7 Å². The predicted molar refractivity (Wildman–Crippen MR) is 97.8 cm³/mol. The van der Waals surface area contributed by atoms with Crippen molar-refractivity contribution in [2.24, 2.45) is 0 Å². The van der Waals surface area contributed by atoms with Gasteiger partial charge in [0.05, 0.1) is 8.07 Å². The molecule has 2 aromatic carbocycles. The van der Waals surface area contributed by atoms with Gasteiger partial charge in [0.2, 0.25) is 0 Å². The average molecular weight is 320 g/mol. The van der Waals surface area contributed by atoms with Crippen LogP contribution in [-0.2, 0) is 5.75 Å². The predicted octanol–water partition coefficient (Wildman–Crippen LogP) is 3.00. The molecule has 0 aliphatic carbocycles. The second kappa shape index (κ2) is 6.34. The number of hydrogen-bond acceptors (Lipinski definition) is 2. The molecule has 0 heterocycles. The zero-order valence-corrected chi connectivity index (χ0v) is 15.0. The van der Waals surface area contributed by atoms with E-state index >= 15 is 0 Å². The zero-order chi connectivity index (χ0) is 14.8. The van der Waals surface area contributed by atoms with Crippen LogP contribution in [0, 0.1) is 0 Å². The Morgan fingerprint density at radius 2 is 1.65 bits per heavy atom. The molecule has 2 rings (SSSR count). The first-order valence-corrected chi connectivity index (χ1v) is 11.8. The minimum Gasteiger partial charge on any atom is -0.507 e. The van der Waals surface area contributed by atoms with E-state index in [0.717, 1.165) is 16.2 Å². The van der Waals surface area contributed by atoms with Gasteiger partial charge in [0.1, 0.15) is 5.75 Å². The van der Waals surface area contributed by atoms with E-state index < -0.39 is 8.07 Å². The highest BCUT2D eigenvalue weighted by atomic mass is 32.1. The molecule has 0 aliphatic rings. The van der Waals surface area contributed by atoms with Crippen molar-refractivity contribution in [1.82, 2.24) is 0 Å². The van der Waals surface area contributed by atoms with Gasteiger partial charge in [-0.3, -0.25) is 0 Å². The molecule has 1 unspecified atom stereocenters. The lowest BCUT2D eigenvalue weighted by molar-refractivity contribution is 0.483. The van der Waals surface area contributed by atoms with Crippen LogP contribution >= 0.6 is 21.2 Å². The summed E-state index contributed by atoms with van der Waals surface area (Å²) in [6, 6.07) is 14.5. The van der Waals surface area contributed by atoms with Gasteiger partial charge in [-0.2, -0.15) is 12.6 Å². The van der Waals surface area contributed by atoms with Crippen LogP contribution in [0.25, 0.3) is 0 Å². The Morgan fingerprint density at radius 1 is 1.00 bits per heavy atom.